The summed E-state index contributed by atoms with van der Waals surface area (Å²) in [7, 11) is -1.21. The van der Waals surface area contributed by atoms with E-state index in [4.69, 9.17) is 0 Å². The highest BCUT2D eigenvalue weighted by Gasteiger charge is 2.20. The first-order chi connectivity index (χ1) is 8.34. The Bertz CT molecular complexity index is 463. The van der Waals surface area contributed by atoms with Crippen molar-refractivity contribution in [2.24, 2.45) is 5.92 Å². The molecule has 4 heteroatoms. The molecule has 18 heavy (non-hydrogen) atoms. The van der Waals surface area contributed by atoms with Gasteiger partial charge in [0.2, 0.25) is 0 Å². The lowest BCUT2D eigenvalue weighted by Crippen LogP contribution is -2.27. The topological polar surface area (TPSA) is 46.2 Å². The van der Waals surface area contributed by atoms with E-state index in [1.54, 1.807) is 7.05 Å². The first-order valence-electron chi connectivity index (χ1n) is 6.28. The van der Waals surface area contributed by atoms with E-state index in [0.717, 1.165) is 5.56 Å². The molecule has 0 spiro atoms. The van der Waals surface area contributed by atoms with Gasteiger partial charge in [-0.2, -0.15) is 0 Å². The summed E-state index contributed by atoms with van der Waals surface area (Å²) < 4.78 is 24.0. The van der Waals surface area contributed by atoms with E-state index in [1.165, 1.54) is 5.56 Å². The zero-order valence-electron chi connectivity index (χ0n) is 11.6. The Labute approximate surface area is 111 Å². The van der Waals surface area contributed by atoms with E-state index in [9.17, 15) is 8.42 Å². The van der Waals surface area contributed by atoms with Crippen LogP contribution in [-0.4, -0.2) is 27.0 Å². The standard InChI is InChI=1S/C14H23NO2S/c1-11(2)9-18(16,17)10-14(15-4)13-7-5-12(3)6-8-13/h5-8,11,14-15H,9-10H2,1-4H3. The highest BCUT2D eigenvalue weighted by Crippen LogP contribution is 2.17. The van der Waals surface area contributed by atoms with Crippen molar-refractivity contribution in [3.63, 3.8) is 0 Å². The molecule has 3 nitrogen and oxygen atoms in total. The summed E-state index contributed by atoms with van der Waals surface area (Å²) >= 11 is 0. The SMILES string of the molecule is CNC(CS(=O)(=O)CC(C)C)c1ccc(C)cc1. The van der Waals surface area contributed by atoms with E-state index in [0.29, 0.717) is 0 Å². The molecule has 0 radical (unpaired) electrons. The molecule has 0 saturated carbocycles. The van der Waals surface area contributed by atoms with E-state index in [2.05, 4.69) is 5.32 Å². The van der Waals surface area contributed by atoms with Gasteiger partial charge in [0.15, 0.2) is 9.84 Å². The van der Waals surface area contributed by atoms with E-state index in [1.807, 2.05) is 45.0 Å². The van der Waals surface area contributed by atoms with E-state index < -0.39 is 9.84 Å². The predicted molar refractivity (Wildman–Crippen MR) is 76.5 cm³/mol. The maximum Gasteiger partial charge on any atom is 0.152 e. The molecule has 0 bridgehead atoms. The fourth-order valence-electron chi connectivity index (χ4n) is 1.97. The van der Waals surface area contributed by atoms with Crippen LogP contribution in [0.3, 0.4) is 0 Å². The van der Waals surface area contributed by atoms with Gasteiger partial charge in [-0.05, 0) is 25.5 Å². The highest BCUT2D eigenvalue weighted by molar-refractivity contribution is 7.91. The number of nitrogens with one attached hydrogen (secondary N) is 1. The van der Waals surface area contributed by atoms with Gasteiger partial charge < -0.3 is 5.32 Å². The molecule has 0 saturated heterocycles. The lowest BCUT2D eigenvalue weighted by molar-refractivity contribution is 0.563. The molecule has 0 fully saturated rings. The smallest absolute Gasteiger partial charge is 0.152 e. The van der Waals surface area contributed by atoms with Crippen molar-refractivity contribution in [3.05, 3.63) is 35.4 Å². The van der Waals surface area contributed by atoms with E-state index >= 15 is 0 Å². The van der Waals surface area contributed by atoms with Crippen LogP contribution in [-0.2, 0) is 9.84 Å². The Kier molecular flexibility index (Phi) is 5.35. The zero-order chi connectivity index (χ0) is 13.8. The third kappa shape index (κ3) is 4.78. The number of hydrogen-bond acceptors (Lipinski definition) is 3. The molecule has 0 amide bonds. The Hall–Kier alpha value is -0.870. The van der Waals surface area contributed by atoms with Crippen molar-refractivity contribution in [2.45, 2.75) is 26.8 Å². The Balaban J connectivity index is 2.82. The van der Waals surface area contributed by atoms with Crippen LogP contribution in [0.15, 0.2) is 24.3 Å². The molecule has 1 aromatic rings. The van der Waals surface area contributed by atoms with Gasteiger partial charge in [0.1, 0.15) is 0 Å². The average molecular weight is 269 g/mol. The lowest BCUT2D eigenvalue weighted by Gasteiger charge is -2.17. The minimum atomic E-state index is -3.01. The molecule has 1 atom stereocenters. The third-order valence-electron chi connectivity index (χ3n) is 2.84. The fourth-order valence-corrected chi connectivity index (χ4v) is 3.99. The van der Waals surface area contributed by atoms with Gasteiger partial charge in [0.25, 0.3) is 0 Å². The van der Waals surface area contributed by atoms with Gasteiger partial charge in [-0.3, -0.25) is 0 Å². The van der Waals surface area contributed by atoms with Crippen molar-refractivity contribution in [2.75, 3.05) is 18.6 Å². The number of aryl methyl sites for hydroxylation is 1. The summed E-state index contributed by atoms with van der Waals surface area (Å²) in [6, 6.07) is 7.86. The third-order valence-corrected chi connectivity index (χ3v) is 4.85. The fraction of sp³-hybridized carbons (Fsp3) is 0.571. The second kappa shape index (κ2) is 6.34. The molecule has 0 heterocycles. The highest BCUT2D eigenvalue weighted by atomic mass is 32.2. The molecule has 1 aromatic carbocycles. The maximum absolute atomic E-state index is 12.0. The Morgan fingerprint density at radius 1 is 1.11 bits per heavy atom. The minimum absolute atomic E-state index is 0.130. The largest absolute Gasteiger partial charge is 0.312 e. The van der Waals surface area contributed by atoms with Crippen LogP contribution in [0.5, 0.6) is 0 Å². The summed E-state index contributed by atoms with van der Waals surface area (Å²) in [5, 5.41) is 3.09. The van der Waals surface area contributed by atoms with Crippen molar-refractivity contribution in [1.29, 1.82) is 0 Å². The molecule has 102 valence electrons. The first-order valence-corrected chi connectivity index (χ1v) is 8.10. The molecule has 0 aliphatic rings. The number of rotatable bonds is 6. The Morgan fingerprint density at radius 2 is 1.67 bits per heavy atom. The number of benzene rings is 1. The summed E-state index contributed by atoms with van der Waals surface area (Å²) in [6.45, 7) is 5.88. The van der Waals surface area contributed by atoms with E-state index in [-0.39, 0.29) is 23.5 Å². The van der Waals surface area contributed by atoms with Gasteiger partial charge in [-0.15, -0.1) is 0 Å². The normalized spacial score (nSPS) is 13.8. The van der Waals surface area contributed by atoms with Crippen molar-refractivity contribution < 1.29 is 8.42 Å². The summed E-state index contributed by atoms with van der Waals surface area (Å²) in [5.41, 5.74) is 2.20. The summed E-state index contributed by atoms with van der Waals surface area (Å²) in [6.07, 6.45) is 0. The maximum atomic E-state index is 12.0. The Morgan fingerprint density at radius 3 is 2.11 bits per heavy atom. The van der Waals surface area contributed by atoms with Gasteiger partial charge >= 0.3 is 0 Å². The van der Waals surface area contributed by atoms with Gasteiger partial charge in [-0.25, -0.2) is 8.42 Å². The predicted octanol–water partition coefficient (Wildman–Crippen LogP) is 2.33. The van der Waals surface area contributed by atoms with Gasteiger partial charge in [0, 0.05) is 6.04 Å². The van der Waals surface area contributed by atoms with Crippen molar-refractivity contribution in [1.82, 2.24) is 5.32 Å². The molecule has 0 aliphatic heterocycles. The van der Waals surface area contributed by atoms with Crippen LogP contribution < -0.4 is 5.32 Å². The molecular weight excluding hydrogens is 246 g/mol. The van der Waals surface area contributed by atoms with Crippen LogP contribution >= 0.6 is 0 Å². The summed E-state index contributed by atoms with van der Waals surface area (Å²) in [4.78, 5) is 0. The first kappa shape index (κ1) is 15.2. The minimum Gasteiger partial charge on any atom is -0.312 e. The van der Waals surface area contributed by atoms with Crippen LogP contribution in [0, 0.1) is 12.8 Å². The van der Waals surface area contributed by atoms with Crippen molar-refractivity contribution in [3.8, 4) is 0 Å². The van der Waals surface area contributed by atoms with Gasteiger partial charge in [-0.1, -0.05) is 43.7 Å². The van der Waals surface area contributed by atoms with Crippen LogP contribution in [0.1, 0.15) is 31.0 Å². The van der Waals surface area contributed by atoms with Crippen LogP contribution in [0.25, 0.3) is 0 Å². The van der Waals surface area contributed by atoms with Crippen molar-refractivity contribution >= 4 is 9.84 Å². The molecule has 1 N–H and O–H groups in total. The number of sulfone groups is 1. The second-order valence-electron chi connectivity index (χ2n) is 5.22. The number of hydrogen-bond donors (Lipinski definition) is 1. The van der Waals surface area contributed by atoms with Crippen LogP contribution in [0.4, 0.5) is 0 Å². The molecule has 0 aliphatic carbocycles. The molecular formula is C14H23NO2S. The summed E-state index contributed by atoms with van der Waals surface area (Å²) in [5.74, 6) is 0.576. The van der Waals surface area contributed by atoms with Crippen LogP contribution in [0.2, 0.25) is 0 Å². The molecule has 1 unspecified atom stereocenters. The average Bonchev–Trinajstić information content (AvgIpc) is 2.25. The quantitative estimate of drug-likeness (QED) is 0.862. The zero-order valence-corrected chi connectivity index (χ0v) is 12.4. The second-order valence-corrected chi connectivity index (χ2v) is 7.38. The molecule has 0 aromatic heterocycles. The lowest BCUT2D eigenvalue weighted by atomic mass is 10.1. The van der Waals surface area contributed by atoms with Gasteiger partial charge in [0.05, 0.1) is 11.5 Å². The monoisotopic (exact) mass is 269 g/mol. The molecule has 1 rings (SSSR count).